The predicted molar refractivity (Wildman–Crippen MR) is 55.1 cm³/mol. The number of hydrogen-bond acceptors (Lipinski definition) is 3. The zero-order chi connectivity index (χ0) is 10.3. The third-order valence-corrected chi connectivity index (χ3v) is 2.82. The van der Waals surface area contributed by atoms with Crippen LogP contribution in [0.3, 0.4) is 0 Å². The SMILES string of the molecule is OCc1nnn2c1-c1ccccc1CC2. The van der Waals surface area contributed by atoms with Crippen LogP contribution in [-0.2, 0) is 19.6 Å². The molecule has 4 heteroatoms. The molecule has 3 rings (SSSR count). The molecule has 15 heavy (non-hydrogen) atoms. The average Bonchev–Trinajstić information content (AvgIpc) is 2.72. The second kappa shape index (κ2) is 3.17. The van der Waals surface area contributed by atoms with Crippen molar-refractivity contribution in [3.05, 3.63) is 35.5 Å². The maximum atomic E-state index is 9.19. The monoisotopic (exact) mass is 201 g/mol. The molecule has 2 aromatic rings. The van der Waals surface area contributed by atoms with Crippen molar-refractivity contribution in [2.75, 3.05) is 0 Å². The maximum Gasteiger partial charge on any atom is 0.116 e. The molecule has 76 valence electrons. The van der Waals surface area contributed by atoms with Gasteiger partial charge in [0, 0.05) is 12.1 Å². The van der Waals surface area contributed by atoms with E-state index in [4.69, 9.17) is 0 Å². The Morgan fingerprint density at radius 1 is 1.33 bits per heavy atom. The topological polar surface area (TPSA) is 50.9 Å². The van der Waals surface area contributed by atoms with Crippen molar-refractivity contribution < 1.29 is 5.11 Å². The molecule has 0 radical (unpaired) electrons. The third kappa shape index (κ3) is 1.18. The van der Waals surface area contributed by atoms with E-state index in [1.165, 1.54) is 5.56 Å². The van der Waals surface area contributed by atoms with E-state index in [2.05, 4.69) is 22.4 Å². The van der Waals surface area contributed by atoms with Gasteiger partial charge in [0.2, 0.25) is 0 Å². The highest BCUT2D eigenvalue weighted by atomic mass is 16.3. The average molecular weight is 201 g/mol. The lowest BCUT2D eigenvalue weighted by atomic mass is 9.98. The third-order valence-electron chi connectivity index (χ3n) is 2.82. The van der Waals surface area contributed by atoms with Crippen LogP contribution in [0.1, 0.15) is 11.3 Å². The van der Waals surface area contributed by atoms with Crippen molar-refractivity contribution in [2.24, 2.45) is 0 Å². The number of nitrogens with zero attached hydrogens (tertiary/aromatic N) is 3. The molecule has 1 N–H and O–H groups in total. The summed E-state index contributed by atoms with van der Waals surface area (Å²) < 4.78 is 1.87. The van der Waals surface area contributed by atoms with Gasteiger partial charge in [0.05, 0.1) is 12.3 Å². The highest BCUT2D eigenvalue weighted by Crippen LogP contribution is 2.30. The van der Waals surface area contributed by atoms with Crippen LogP contribution in [0, 0.1) is 0 Å². The summed E-state index contributed by atoms with van der Waals surface area (Å²) in [6.45, 7) is 0.795. The summed E-state index contributed by atoms with van der Waals surface area (Å²) in [7, 11) is 0. The van der Waals surface area contributed by atoms with Crippen molar-refractivity contribution in [1.82, 2.24) is 15.0 Å². The lowest BCUT2D eigenvalue weighted by molar-refractivity contribution is 0.277. The zero-order valence-corrected chi connectivity index (χ0v) is 8.22. The minimum Gasteiger partial charge on any atom is -0.390 e. The lowest BCUT2D eigenvalue weighted by Gasteiger charge is -2.17. The Morgan fingerprint density at radius 2 is 2.20 bits per heavy atom. The van der Waals surface area contributed by atoms with E-state index in [0.717, 1.165) is 24.2 Å². The fourth-order valence-electron chi connectivity index (χ4n) is 2.10. The summed E-state index contributed by atoms with van der Waals surface area (Å²) in [6.07, 6.45) is 0.984. The quantitative estimate of drug-likeness (QED) is 0.748. The summed E-state index contributed by atoms with van der Waals surface area (Å²) in [6, 6.07) is 8.22. The molecule has 1 aliphatic heterocycles. The van der Waals surface area contributed by atoms with Gasteiger partial charge in [0.1, 0.15) is 5.69 Å². The molecule has 0 spiro atoms. The van der Waals surface area contributed by atoms with Gasteiger partial charge in [-0.05, 0) is 12.0 Å². The Hall–Kier alpha value is -1.68. The second-order valence-electron chi connectivity index (χ2n) is 3.67. The summed E-state index contributed by atoms with van der Waals surface area (Å²) in [5.41, 5.74) is 4.10. The fourth-order valence-corrected chi connectivity index (χ4v) is 2.10. The van der Waals surface area contributed by atoms with Gasteiger partial charge in [-0.2, -0.15) is 0 Å². The van der Waals surface area contributed by atoms with E-state index in [0.29, 0.717) is 5.69 Å². The molecule has 2 heterocycles. The highest BCUT2D eigenvalue weighted by molar-refractivity contribution is 5.67. The number of aliphatic hydroxyl groups is 1. The molecule has 1 aromatic heterocycles. The van der Waals surface area contributed by atoms with E-state index >= 15 is 0 Å². The lowest BCUT2D eigenvalue weighted by Crippen LogP contribution is -2.12. The van der Waals surface area contributed by atoms with E-state index in [1.54, 1.807) is 0 Å². The van der Waals surface area contributed by atoms with Crippen LogP contribution in [-0.4, -0.2) is 20.1 Å². The Balaban J connectivity index is 2.27. The van der Waals surface area contributed by atoms with Crippen molar-refractivity contribution in [3.8, 4) is 11.3 Å². The number of aromatic nitrogens is 3. The van der Waals surface area contributed by atoms with E-state index in [-0.39, 0.29) is 6.61 Å². The first-order valence-electron chi connectivity index (χ1n) is 5.01. The molecule has 0 aliphatic carbocycles. The van der Waals surface area contributed by atoms with E-state index in [9.17, 15) is 5.11 Å². The fraction of sp³-hybridized carbons (Fsp3) is 0.273. The van der Waals surface area contributed by atoms with E-state index in [1.807, 2.05) is 16.8 Å². The van der Waals surface area contributed by atoms with Gasteiger partial charge in [-0.1, -0.05) is 29.5 Å². The van der Waals surface area contributed by atoms with Crippen LogP contribution in [0.4, 0.5) is 0 Å². The number of aryl methyl sites for hydroxylation is 2. The van der Waals surface area contributed by atoms with Gasteiger partial charge in [-0.25, -0.2) is 4.68 Å². The standard InChI is InChI=1S/C11H11N3O/c15-7-10-11-9-4-2-1-3-8(9)5-6-14(11)13-12-10/h1-4,15H,5-7H2. The van der Waals surface area contributed by atoms with Crippen molar-refractivity contribution >= 4 is 0 Å². The van der Waals surface area contributed by atoms with Crippen molar-refractivity contribution in [3.63, 3.8) is 0 Å². The largest absolute Gasteiger partial charge is 0.390 e. The molecule has 0 saturated carbocycles. The molecule has 1 aliphatic rings. The molecular formula is C11H11N3O. The number of aliphatic hydroxyl groups excluding tert-OH is 1. The van der Waals surface area contributed by atoms with Gasteiger partial charge in [-0.3, -0.25) is 0 Å². The molecule has 0 fully saturated rings. The first-order valence-corrected chi connectivity index (χ1v) is 5.01. The summed E-state index contributed by atoms with van der Waals surface area (Å²) in [5.74, 6) is 0. The Bertz CT molecular complexity index is 491. The first kappa shape index (κ1) is 8.61. The van der Waals surface area contributed by atoms with Gasteiger partial charge < -0.3 is 5.11 Å². The molecule has 1 aromatic carbocycles. The molecular weight excluding hydrogens is 190 g/mol. The van der Waals surface area contributed by atoms with Gasteiger partial charge in [0.25, 0.3) is 0 Å². The maximum absolute atomic E-state index is 9.19. The minimum atomic E-state index is -0.0519. The second-order valence-corrected chi connectivity index (χ2v) is 3.67. The van der Waals surface area contributed by atoms with Crippen LogP contribution in [0.2, 0.25) is 0 Å². The number of hydrogen-bond donors (Lipinski definition) is 1. The zero-order valence-electron chi connectivity index (χ0n) is 8.22. The predicted octanol–water partition coefficient (Wildman–Crippen LogP) is 0.993. The minimum absolute atomic E-state index is 0.0519. The number of benzene rings is 1. The number of fused-ring (bicyclic) bond motifs is 3. The Labute approximate surface area is 87.2 Å². The van der Waals surface area contributed by atoms with Crippen LogP contribution in [0.15, 0.2) is 24.3 Å². The molecule has 4 nitrogen and oxygen atoms in total. The molecule has 0 saturated heterocycles. The van der Waals surface area contributed by atoms with Crippen LogP contribution >= 0.6 is 0 Å². The normalized spacial score (nSPS) is 13.4. The summed E-state index contributed by atoms with van der Waals surface area (Å²) in [4.78, 5) is 0. The molecule has 0 unspecified atom stereocenters. The van der Waals surface area contributed by atoms with Gasteiger partial charge in [0.15, 0.2) is 0 Å². The molecule has 0 atom stereocenters. The summed E-state index contributed by atoms with van der Waals surface area (Å²) >= 11 is 0. The molecule has 0 amide bonds. The van der Waals surface area contributed by atoms with Crippen LogP contribution in [0.25, 0.3) is 11.3 Å². The molecule has 0 bridgehead atoms. The van der Waals surface area contributed by atoms with E-state index < -0.39 is 0 Å². The van der Waals surface area contributed by atoms with Gasteiger partial charge >= 0.3 is 0 Å². The smallest absolute Gasteiger partial charge is 0.116 e. The van der Waals surface area contributed by atoms with Crippen molar-refractivity contribution in [2.45, 2.75) is 19.6 Å². The Kier molecular flexibility index (Phi) is 1.82. The first-order chi connectivity index (χ1) is 7.40. The highest BCUT2D eigenvalue weighted by Gasteiger charge is 2.20. The van der Waals surface area contributed by atoms with Crippen LogP contribution < -0.4 is 0 Å². The van der Waals surface area contributed by atoms with Gasteiger partial charge in [-0.15, -0.1) is 5.10 Å². The Morgan fingerprint density at radius 3 is 3.07 bits per heavy atom. The number of rotatable bonds is 1. The van der Waals surface area contributed by atoms with Crippen LogP contribution in [0.5, 0.6) is 0 Å². The van der Waals surface area contributed by atoms with Crippen molar-refractivity contribution in [1.29, 1.82) is 0 Å². The summed E-state index contributed by atoms with van der Waals surface area (Å²) in [5, 5.41) is 17.2.